The minimum Gasteiger partial charge on any atom is -0.478 e. The van der Waals surface area contributed by atoms with Gasteiger partial charge in [-0.15, -0.1) is 0 Å². The zero-order chi connectivity index (χ0) is 25.7. The lowest BCUT2D eigenvalue weighted by Crippen LogP contribution is -2.02. The monoisotopic (exact) mass is 466 g/mol. The maximum Gasteiger partial charge on any atom is 0.331 e. The zero-order valence-corrected chi connectivity index (χ0v) is 19.7. The minimum absolute atomic E-state index is 0.125. The highest BCUT2D eigenvalue weighted by Gasteiger charge is 1.96. The summed E-state index contributed by atoms with van der Waals surface area (Å²) in [5.74, 6) is -2.09. The Balaban J connectivity index is -0.000000384. The summed E-state index contributed by atoms with van der Waals surface area (Å²) in [6.07, 6.45) is 8.38. The van der Waals surface area contributed by atoms with Gasteiger partial charge in [-0.25, -0.2) is 14.4 Å². The average Bonchev–Trinajstić information content (AvgIpc) is 2.84. The van der Waals surface area contributed by atoms with Crippen LogP contribution in [0, 0.1) is 0 Å². The van der Waals surface area contributed by atoms with Crippen LogP contribution < -0.4 is 0 Å². The molecule has 1 rings (SSSR count). The molecular formula is C25H38O8. The van der Waals surface area contributed by atoms with Crippen molar-refractivity contribution >= 4 is 24.0 Å². The first-order valence-corrected chi connectivity index (χ1v) is 10.6. The molecule has 0 saturated carbocycles. The van der Waals surface area contributed by atoms with Crippen LogP contribution in [0.4, 0.5) is 0 Å². The number of carbonyl (C=O) groups excluding carboxylic acids is 2. The van der Waals surface area contributed by atoms with Crippen LogP contribution in [0.1, 0.15) is 45.1 Å². The first-order valence-electron chi connectivity index (χ1n) is 10.6. The van der Waals surface area contributed by atoms with Crippen molar-refractivity contribution in [1.82, 2.24) is 0 Å². The van der Waals surface area contributed by atoms with Crippen molar-refractivity contribution < 1.29 is 39.2 Å². The Morgan fingerprint density at radius 2 is 1.33 bits per heavy atom. The third-order valence-corrected chi connectivity index (χ3v) is 3.15. The van der Waals surface area contributed by atoms with Crippen LogP contribution in [0.25, 0.3) is 6.08 Å². The molecule has 8 nitrogen and oxygen atoms in total. The van der Waals surface area contributed by atoms with E-state index < -0.39 is 11.9 Å². The zero-order valence-electron chi connectivity index (χ0n) is 19.7. The van der Waals surface area contributed by atoms with Gasteiger partial charge in [0.15, 0.2) is 0 Å². The number of unbranched alkanes of at least 4 members (excludes halogenated alkanes) is 2. The highest BCUT2D eigenvalue weighted by molar-refractivity contribution is 5.90. The summed E-state index contributed by atoms with van der Waals surface area (Å²) in [4.78, 5) is 30.9. The molecule has 0 amide bonds. The van der Waals surface area contributed by atoms with E-state index in [2.05, 4.69) is 22.6 Å². The van der Waals surface area contributed by atoms with E-state index in [4.69, 9.17) is 15.3 Å². The van der Waals surface area contributed by atoms with Gasteiger partial charge in [0.05, 0.1) is 26.4 Å². The molecule has 8 heteroatoms. The number of hydrogen-bond donors (Lipinski definition) is 3. The standard InChI is InChI=1S/C8H12O4.C8H8.C7H12O2.C2H6O2/c1-2-3-6-12-8(11)5-4-7(9)10;1-2-8-6-4-3-5-7-8;1-3-5-6-9-7(8)4-2;3-1-2-4/h4-5H,2-3,6H2,1H3,(H,9,10);2-7H,1H2;4H,2-3,5-6H2,1H3;3-4H,1-2H2. The van der Waals surface area contributed by atoms with Gasteiger partial charge in [-0.3, -0.25) is 0 Å². The van der Waals surface area contributed by atoms with Gasteiger partial charge in [-0.05, 0) is 18.4 Å². The number of carboxylic acids is 1. The van der Waals surface area contributed by atoms with Gasteiger partial charge in [0.25, 0.3) is 0 Å². The van der Waals surface area contributed by atoms with E-state index in [1.54, 1.807) is 0 Å². The highest BCUT2D eigenvalue weighted by Crippen LogP contribution is 1.97. The van der Waals surface area contributed by atoms with Crippen LogP contribution in [0.2, 0.25) is 0 Å². The van der Waals surface area contributed by atoms with Gasteiger partial charge < -0.3 is 24.8 Å². The van der Waals surface area contributed by atoms with Gasteiger partial charge in [0.1, 0.15) is 0 Å². The number of aliphatic hydroxyl groups is 2. The maximum absolute atomic E-state index is 10.6. The number of esters is 2. The summed E-state index contributed by atoms with van der Waals surface area (Å²) >= 11 is 0. The molecule has 1 aromatic rings. The topological polar surface area (TPSA) is 130 Å². The Morgan fingerprint density at radius 1 is 0.848 bits per heavy atom. The summed E-state index contributed by atoms with van der Waals surface area (Å²) in [6.45, 7) is 11.5. The lowest BCUT2D eigenvalue weighted by molar-refractivity contribution is -0.139. The van der Waals surface area contributed by atoms with Gasteiger partial charge in [0.2, 0.25) is 0 Å². The Kier molecular flexibility index (Phi) is 30.0. The number of benzene rings is 1. The van der Waals surface area contributed by atoms with E-state index in [0.29, 0.717) is 13.2 Å². The number of carbonyl (C=O) groups is 3. The van der Waals surface area contributed by atoms with E-state index in [0.717, 1.165) is 37.8 Å². The number of aliphatic carboxylic acids is 1. The molecule has 3 N–H and O–H groups in total. The van der Waals surface area contributed by atoms with Crippen molar-refractivity contribution in [2.45, 2.75) is 39.5 Å². The third-order valence-electron chi connectivity index (χ3n) is 3.15. The second kappa shape index (κ2) is 28.8. The number of aliphatic hydroxyl groups excluding tert-OH is 2. The molecule has 33 heavy (non-hydrogen) atoms. The average molecular weight is 467 g/mol. The quantitative estimate of drug-likeness (QED) is 0.255. The van der Waals surface area contributed by atoms with Gasteiger partial charge in [-0.2, -0.15) is 0 Å². The van der Waals surface area contributed by atoms with Crippen molar-refractivity contribution in [2.24, 2.45) is 0 Å². The third kappa shape index (κ3) is 33.6. The Hall–Kier alpha value is -3.23. The molecule has 186 valence electrons. The van der Waals surface area contributed by atoms with E-state index in [1.165, 1.54) is 11.6 Å². The Labute approximate surface area is 196 Å². The molecule has 0 heterocycles. The number of carboxylic acid groups (broad SMARTS) is 1. The first kappa shape index (κ1) is 34.4. The SMILES string of the molecule is C=CC(=O)OCCCC.C=Cc1ccccc1.CCCCOC(=O)C=CC(=O)O.OCCO. The van der Waals surface area contributed by atoms with E-state index in [9.17, 15) is 14.4 Å². The fraction of sp³-hybridized carbons (Fsp3) is 0.400. The second-order valence-corrected chi connectivity index (χ2v) is 5.98. The minimum atomic E-state index is -1.15. The van der Waals surface area contributed by atoms with Gasteiger partial charge in [0, 0.05) is 18.2 Å². The molecule has 1 aromatic carbocycles. The Bertz CT molecular complexity index is 652. The molecule has 0 aromatic heterocycles. The van der Waals surface area contributed by atoms with Crippen molar-refractivity contribution in [2.75, 3.05) is 26.4 Å². The molecule has 0 unspecified atom stereocenters. The molecule has 0 fully saturated rings. The first-order chi connectivity index (χ1) is 15.8. The van der Waals surface area contributed by atoms with Crippen LogP contribution in [0.3, 0.4) is 0 Å². The lowest BCUT2D eigenvalue weighted by atomic mass is 10.2. The van der Waals surface area contributed by atoms with Crippen molar-refractivity contribution in [1.29, 1.82) is 0 Å². The van der Waals surface area contributed by atoms with Crippen LogP contribution in [0.5, 0.6) is 0 Å². The number of rotatable bonds is 11. The number of ether oxygens (including phenoxy) is 2. The van der Waals surface area contributed by atoms with Crippen molar-refractivity contribution in [3.63, 3.8) is 0 Å². The molecule has 0 radical (unpaired) electrons. The lowest BCUT2D eigenvalue weighted by Gasteiger charge is -1.97. The Morgan fingerprint density at radius 3 is 1.67 bits per heavy atom. The molecule has 0 spiro atoms. The van der Waals surface area contributed by atoms with Crippen molar-refractivity contribution in [3.8, 4) is 0 Å². The van der Waals surface area contributed by atoms with E-state index in [1.807, 2.05) is 50.3 Å². The fourth-order valence-electron chi connectivity index (χ4n) is 1.47. The summed E-state index contributed by atoms with van der Waals surface area (Å²) in [5, 5.41) is 23.4. The van der Waals surface area contributed by atoms with Crippen LogP contribution in [-0.2, 0) is 23.9 Å². The highest BCUT2D eigenvalue weighted by atomic mass is 16.5. The van der Waals surface area contributed by atoms with E-state index >= 15 is 0 Å². The van der Waals surface area contributed by atoms with Gasteiger partial charge >= 0.3 is 17.9 Å². The largest absolute Gasteiger partial charge is 0.478 e. The van der Waals surface area contributed by atoms with Crippen LogP contribution in [-0.4, -0.2) is 59.7 Å². The van der Waals surface area contributed by atoms with Crippen molar-refractivity contribution in [3.05, 3.63) is 67.3 Å². The molecule has 0 aliphatic carbocycles. The molecule has 0 aliphatic heterocycles. The molecule has 0 atom stereocenters. The summed E-state index contributed by atoms with van der Waals surface area (Å²) in [6, 6.07) is 10.0. The maximum atomic E-state index is 10.6. The van der Waals surface area contributed by atoms with E-state index in [-0.39, 0.29) is 19.2 Å². The second-order valence-electron chi connectivity index (χ2n) is 5.98. The normalized spacial score (nSPS) is 8.97. The molecule has 0 aliphatic rings. The fourth-order valence-corrected chi connectivity index (χ4v) is 1.47. The predicted octanol–water partition coefficient (Wildman–Crippen LogP) is 3.79. The summed E-state index contributed by atoms with van der Waals surface area (Å²) < 4.78 is 9.32. The van der Waals surface area contributed by atoms with Crippen LogP contribution in [0.15, 0.2) is 61.7 Å². The number of hydrogen-bond acceptors (Lipinski definition) is 7. The summed E-state index contributed by atoms with van der Waals surface area (Å²) in [7, 11) is 0. The molecular weight excluding hydrogens is 428 g/mol. The molecule has 0 bridgehead atoms. The van der Waals surface area contributed by atoms with Crippen LogP contribution >= 0.6 is 0 Å². The summed E-state index contributed by atoms with van der Waals surface area (Å²) in [5.41, 5.74) is 1.17. The smallest absolute Gasteiger partial charge is 0.331 e. The predicted molar refractivity (Wildman–Crippen MR) is 129 cm³/mol. The van der Waals surface area contributed by atoms with Gasteiger partial charge in [-0.1, -0.05) is 76.3 Å². The molecule has 0 saturated heterocycles.